The van der Waals surface area contributed by atoms with E-state index in [0.29, 0.717) is 12.0 Å². The molecular formula is C17H21FN2O. The predicted molar refractivity (Wildman–Crippen MR) is 82.0 cm³/mol. The van der Waals surface area contributed by atoms with E-state index in [9.17, 15) is 4.39 Å². The van der Waals surface area contributed by atoms with Gasteiger partial charge in [-0.2, -0.15) is 0 Å². The molecule has 0 saturated heterocycles. The fraction of sp³-hybridized carbons (Fsp3) is 0.353. The molecule has 0 amide bonds. The molecule has 0 aliphatic rings. The van der Waals surface area contributed by atoms with Gasteiger partial charge < -0.3 is 10.1 Å². The molecule has 1 atom stereocenters. The van der Waals surface area contributed by atoms with Crippen molar-refractivity contribution in [1.82, 2.24) is 10.3 Å². The van der Waals surface area contributed by atoms with E-state index in [2.05, 4.69) is 10.3 Å². The third-order valence-electron chi connectivity index (χ3n) is 3.52. The number of likely N-dealkylation sites (N-methyl/N-ethyl adjacent to an activating group) is 1. The van der Waals surface area contributed by atoms with E-state index < -0.39 is 0 Å². The number of hydrogen-bond donors (Lipinski definition) is 1. The topological polar surface area (TPSA) is 34.1 Å². The number of halogens is 1. The molecule has 0 spiro atoms. The van der Waals surface area contributed by atoms with E-state index in [1.165, 1.54) is 7.11 Å². The molecule has 3 nitrogen and oxygen atoms in total. The number of pyridine rings is 1. The number of nitrogens with zero attached hydrogens (tertiary/aromatic N) is 1. The van der Waals surface area contributed by atoms with Crippen LogP contribution in [0, 0.1) is 12.7 Å². The minimum Gasteiger partial charge on any atom is -0.494 e. The maximum atomic E-state index is 14.3. The van der Waals surface area contributed by atoms with Crippen LogP contribution in [-0.4, -0.2) is 18.6 Å². The Morgan fingerprint density at radius 2 is 2.10 bits per heavy atom. The van der Waals surface area contributed by atoms with E-state index >= 15 is 0 Å². The van der Waals surface area contributed by atoms with Gasteiger partial charge in [-0.25, -0.2) is 4.39 Å². The number of hydrogen-bond acceptors (Lipinski definition) is 3. The van der Waals surface area contributed by atoms with Crippen LogP contribution < -0.4 is 10.1 Å². The molecule has 0 aliphatic heterocycles. The molecule has 2 aromatic rings. The number of benzene rings is 1. The molecular weight excluding hydrogens is 267 g/mol. The standard InChI is InChI=1S/C17H21FN2O/c1-4-19-14(17-12(2)7-6-10-20-17)11-13-8-5-9-15(21-3)16(13)18/h5-10,14,19H,4,11H2,1-3H3. The van der Waals surface area contributed by atoms with E-state index in [4.69, 9.17) is 4.74 Å². The lowest BCUT2D eigenvalue weighted by molar-refractivity contribution is 0.382. The second-order valence-corrected chi connectivity index (χ2v) is 4.95. The Labute approximate surface area is 125 Å². The van der Waals surface area contributed by atoms with Crippen molar-refractivity contribution in [1.29, 1.82) is 0 Å². The zero-order valence-electron chi connectivity index (χ0n) is 12.7. The second-order valence-electron chi connectivity index (χ2n) is 4.95. The highest BCUT2D eigenvalue weighted by molar-refractivity contribution is 5.33. The molecule has 21 heavy (non-hydrogen) atoms. The Hall–Kier alpha value is -1.94. The average molecular weight is 288 g/mol. The Kier molecular flexibility index (Phi) is 5.28. The first-order valence-electron chi connectivity index (χ1n) is 7.13. The van der Waals surface area contributed by atoms with Crippen LogP contribution in [0.1, 0.15) is 29.8 Å². The molecule has 1 aromatic carbocycles. The van der Waals surface area contributed by atoms with Crippen LogP contribution in [0.3, 0.4) is 0 Å². The van der Waals surface area contributed by atoms with E-state index in [1.807, 2.05) is 32.0 Å². The van der Waals surface area contributed by atoms with Gasteiger partial charge >= 0.3 is 0 Å². The minimum absolute atomic E-state index is 0.0159. The van der Waals surface area contributed by atoms with Crippen molar-refractivity contribution in [2.24, 2.45) is 0 Å². The van der Waals surface area contributed by atoms with Crippen LogP contribution >= 0.6 is 0 Å². The highest BCUT2D eigenvalue weighted by atomic mass is 19.1. The molecule has 4 heteroatoms. The summed E-state index contributed by atoms with van der Waals surface area (Å²) >= 11 is 0. The van der Waals surface area contributed by atoms with Gasteiger partial charge in [0.25, 0.3) is 0 Å². The smallest absolute Gasteiger partial charge is 0.168 e. The lowest BCUT2D eigenvalue weighted by Crippen LogP contribution is -2.25. The van der Waals surface area contributed by atoms with Gasteiger partial charge in [-0.1, -0.05) is 25.1 Å². The summed E-state index contributed by atoms with van der Waals surface area (Å²) in [5, 5.41) is 3.38. The first kappa shape index (κ1) is 15.4. The van der Waals surface area contributed by atoms with Gasteiger partial charge in [0.1, 0.15) is 0 Å². The van der Waals surface area contributed by atoms with Crippen molar-refractivity contribution in [2.45, 2.75) is 26.3 Å². The van der Waals surface area contributed by atoms with Gasteiger partial charge in [-0.05, 0) is 43.1 Å². The molecule has 0 aliphatic carbocycles. The Balaban J connectivity index is 2.31. The van der Waals surface area contributed by atoms with Crippen LogP contribution in [0.15, 0.2) is 36.5 Å². The van der Waals surface area contributed by atoms with Gasteiger partial charge in [-0.15, -0.1) is 0 Å². The molecule has 0 bridgehead atoms. The van der Waals surface area contributed by atoms with Crippen molar-refractivity contribution >= 4 is 0 Å². The molecule has 0 radical (unpaired) electrons. The van der Waals surface area contributed by atoms with Gasteiger partial charge in [0.15, 0.2) is 11.6 Å². The first-order chi connectivity index (χ1) is 10.2. The second kappa shape index (κ2) is 7.18. The van der Waals surface area contributed by atoms with Crippen LogP contribution in [0.2, 0.25) is 0 Å². The third-order valence-corrected chi connectivity index (χ3v) is 3.52. The molecule has 0 saturated carbocycles. The zero-order chi connectivity index (χ0) is 15.2. The predicted octanol–water partition coefficient (Wildman–Crippen LogP) is 3.43. The van der Waals surface area contributed by atoms with E-state index in [1.54, 1.807) is 18.3 Å². The van der Waals surface area contributed by atoms with Crippen molar-refractivity contribution in [3.05, 3.63) is 59.2 Å². The minimum atomic E-state index is -0.295. The number of methoxy groups -OCH3 is 1. The SMILES string of the molecule is CCNC(Cc1cccc(OC)c1F)c1ncccc1C. The Morgan fingerprint density at radius 3 is 2.76 bits per heavy atom. The third kappa shape index (κ3) is 3.58. The largest absolute Gasteiger partial charge is 0.494 e. The van der Waals surface area contributed by atoms with Crippen molar-refractivity contribution < 1.29 is 9.13 Å². The molecule has 0 fully saturated rings. The maximum absolute atomic E-state index is 14.3. The van der Waals surface area contributed by atoms with Crippen LogP contribution in [0.5, 0.6) is 5.75 Å². The summed E-state index contributed by atoms with van der Waals surface area (Å²) < 4.78 is 19.4. The average Bonchev–Trinajstić information content (AvgIpc) is 2.49. The highest BCUT2D eigenvalue weighted by Gasteiger charge is 2.18. The normalized spacial score (nSPS) is 12.2. The Bertz CT molecular complexity index is 601. The molecule has 112 valence electrons. The summed E-state index contributed by atoms with van der Waals surface area (Å²) in [6.07, 6.45) is 2.31. The van der Waals surface area contributed by atoms with Crippen LogP contribution in [0.4, 0.5) is 4.39 Å². The lowest BCUT2D eigenvalue weighted by Gasteiger charge is -2.20. The number of rotatable bonds is 6. The van der Waals surface area contributed by atoms with Crippen molar-refractivity contribution in [2.75, 3.05) is 13.7 Å². The molecule has 1 heterocycles. The highest BCUT2D eigenvalue weighted by Crippen LogP contribution is 2.25. The van der Waals surface area contributed by atoms with E-state index in [-0.39, 0.29) is 17.6 Å². The van der Waals surface area contributed by atoms with Gasteiger partial charge in [0, 0.05) is 6.20 Å². The van der Waals surface area contributed by atoms with Crippen LogP contribution in [0.25, 0.3) is 0 Å². The maximum Gasteiger partial charge on any atom is 0.168 e. The number of nitrogens with one attached hydrogen (secondary N) is 1. The van der Waals surface area contributed by atoms with Gasteiger partial charge in [0.2, 0.25) is 0 Å². The zero-order valence-corrected chi connectivity index (χ0v) is 12.7. The van der Waals surface area contributed by atoms with Crippen molar-refractivity contribution in [3.8, 4) is 5.75 Å². The number of aromatic nitrogens is 1. The fourth-order valence-electron chi connectivity index (χ4n) is 2.47. The summed E-state index contributed by atoms with van der Waals surface area (Å²) in [4.78, 5) is 4.45. The van der Waals surface area contributed by atoms with Crippen molar-refractivity contribution in [3.63, 3.8) is 0 Å². The van der Waals surface area contributed by atoms with Gasteiger partial charge in [0.05, 0.1) is 18.8 Å². The summed E-state index contributed by atoms with van der Waals surface area (Å²) in [7, 11) is 1.48. The molecule has 1 unspecified atom stereocenters. The van der Waals surface area contributed by atoms with E-state index in [0.717, 1.165) is 17.8 Å². The summed E-state index contributed by atoms with van der Waals surface area (Å²) in [5.41, 5.74) is 2.69. The monoisotopic (exact) mass is 288 g/mol. The molecule has 1 N–H and O–H groups in total. The Morgan fingerprint density at radius 1 is 1.29 bits per heavy atom. The first-order valence-corrected chi connectivity index (χ1v) is 7.13. The number of ether oxygens (including phenoxy) is 1. The summed E-state index contributed by atoms with van der Waals surface area (Å²) in [6, 6.07) is 9.15. The quantitative estimate of drug-likeness (QED) is 0.884. The summed E-state index contributed by atoms with van der Waals surface area (Å²) in [5.74, 6) is -0.0167. The number of aryl methyl sites for hydroxylation is 1. The van der Waals surface area contributed by atoms with Gasteiger partial charge in [-0.3, -0.25) is 4.98 Å². The summed E-state index contributed by atoms with van der Waals surface area (Å²) in [6.45, 7) is 4.86. The lowest BCUT2D eigenvalue weighted by atomic mass is 9.99. The van der Waals surface area contributed by atoms with Crippen LogP contribution in [-0.2, 0) is 6.42 Å². The molecule has 1 aromatic heterocycles. The fourth-order valence-corrected chi connectivity index (χ4v) is 2.47. The molecule has 2 rings (SSSR count).